The van der Waals surface area contributed by atoms with Gasteiger partial charge in [0.25, 0.3) is 0 Å². The van der Waals surface area contributed by atoms with Crippen LogP contribution in [0.5, 0.6) is 0 Å². The van der Waals surface area contributed by atoms with E-state index in [1.54, 1.807) is 0 Å². The summed E-state index contributed by atoms with van der Waals surface area (Å²) in [5.74, 6) is 0. The van der Waals surface area contributed by atoms with Crippen molar-refractivity contribution in [2.75, 3.05) is 0 Å². The Morgan fingerprint density at radius 2 is 0.750 bits per heavy atom. The van der Waals surface area contributed by atoms with Crippen molar-refractivity contribution in [3.63, 3.8) is 0 Å². The Bertz CT molecular complexity index is 29.5. The van der Waals surface area contributed by atoms with Crippen LogP contribution in [0.25, 0.3) is 0 Å². The van der Waals surface area contributed by atoms with Crippen molar-refractivity contribution in [1.29, 1.82) is 0 Å². The van der Waals surface area contributed by atoms with Gasteiger partial charge in [0.15, 0.2) is 0 Å². The fraction of sp³-hybridized carbons (Fsp3) is 1.00. The summed E-state index contributed by atoms with van der Waals surface area (Å²) in [6.07, 6.45) is 5.54. The van der Waals surface area contributed by atoms with Crippen LogP contribution in [0.4, 0.5) is 0 Å². The first kappa shape index (κ1) is 47.4. The SMILES string of the molecule is CCCCCC.[Cl-].[Cl-].[Cl-].[Cl-].[V+2].[V+2]. The van der Waals surface area contributed by atoms with E-state index >= 15 is 0 Å². The molecule has 0 bridgehead atoms. The molecule has 76 valence electrons. The smallest absolute Gasteiger partial charge is 1.00 e. The van der Waals surface area contributed by atoms with Gasteiger partial charge >= 0.3 is 37.1 Å². The van der Waals surface area contributed by atoms with Gasteiger partial charge in [-0.15, -0.1) is 0 Å². The van der Waals surface area contributed by atoms with E-state index in [0.717, 1.165) is 0 Å². The number of unbranched alkanes of at least 4 members (excludes halogenated alkanes) is 3. The fourth-order valence-corrected chi connectivity index (χ4v) is 0.500. The molecule has 0 aromatic carbocycles. The maximum atomic E-state index is 2.23. The molecule has 0 saturated heterocycles. The van der Waals surface area contributed by atoms with Crippen LogP contribution in [0.1, 0.15) is 39.5 Å². The van der Waals surface area contributed by atoms with Crippen LogP contribution < -0.4 is 49.6 Å². The van der Waals surface area contributed by atoms with Crippen molar-refractivity contribution < 1.29 is 86.7 Å². The molecule has 2 radical (unpaired) electrons. The Kier molecular flexibility index (Phi) is 200. The second-order valence-electron chi connectivity index (χ2n) is 1.71. The predicted molar refractivity (Wildman–Crippen MR) is 29.8 cm³/mol. The van der Waals surface area contributed by atoms with E-state index in [4.69, 9.17) is 0 Å². The zero-order valence-electron chi connectivity index (χ0n) is 7.23. The van der Waals surface area contributed by atoms with E-state index in [9.17, 15) is 0 Å². The van der Waals surface area contributed by atoms with Gasteiger partial charge in [-0.2, -0.15) is 0 Å². The molecule has 0 aromatic rings. The van der Waals surface area contributed by atoms with Gasteiger partial charge in [-0.1, -0.05) is 39.5 Å². The molecular weight excluding hydrogens is 316 g/mol. The van der Waals surface area contributed by atoms with Gasteiger partial charge in [-0.3, -0.25) is 0 Å². The first-order valence-electron chi connectivity index (χ1n) is 2.91. The van der Waals surface area contributed by atoms with Crippen molar-refractivity contribution in [3.8, 4) is 0 Å². The average molecular weight is 330 g/mol. The second-order valence-corrected chi connectivity index (χ2v) is 1.71. The Morgan fingerprint density at radius 3 is 0.833 bits per heavy atom. The van der Waals surface area contributed by atoms with E-state index in [2.05, 4.69) is 13.8 Å². The second kappa shape index (κ2) is 50.6. The molecule has 0 unspecified atom stereocenters. The molecule has 0 saturated carbocycles. The molecule has 12 heavy (non-hydrogen) atoms. The Morgan fingerprint density at radius 1 is 0.583 bits per heavy atom. The summed E-state index contributed by atoms with van der Waals surface area (Å²) in [4.78, 5) is 0. The van der Waals surface area contributed by atoms with E-state index in [1.807, 2.05) is 0 Å². The molecule has 0 aliphatic rings. The van der Waals surface area contributed by atoms with Gasteiger partial charge in [0.2, 0.25) is 0 Å². The molecule has 0 amide bonds. The van der Waals surface area contributed by atoms with Crippen molar-refractivity contribution in [2.45, 2.75) is 39.5 Å². The molecule has 0 aliphatic heterocycles. The summed E-state index contributed by atoms with van der Waals surface area (Å²) in [7, 11) is 0. The zero-order valence-corrected chi connectivity index (χ0v) is 13.1. The molecule has 0 atom stereocenters. The normalized spacial score (nSPS) is 4.50. The third-order valence-corrected chi connectivity index (χ3v) is 0.957. The van der Waals surface area contributed by atoms with Crippen LogP contribution in [-0.2, 0) is 37.1 Å². The molecule has 0 aromatic heterocycles. The molecule has 6 heteroatoms. The zero-order chi connectivity index (χ0) is 4.83. The van der Waals surface area contributed by atoms with Crippen LogP contribution in [0.2, 0.25) is 0 Å². The standard InChI is InChI=1S/C6H14.4ClH.2V/c1-3-5-6-4-2;;;;;;/h3-6H2,1-2H3;4*1H;;/q;;;;;2*+2/p-4. The minimum Gasteiger partial charge on any atom is -1.00 e. The predicted octanol–water partition coefficient (Wildman–Crippen LogP) is -9.40. The molecule has 0 N–H and O–H groups in total. The molecule has 0 nitrogen and oxygen atoms in total. The van der Waals surface area contributed by atoms with Gasteiger partial charge in [-0.25, -0.2) is 0 Å². The van der Waals surface area contributed by atoms with Crippen molar-refractivity contribution in [1.82, 2.24) is 0 Å². The van der Waals surface area contributed by atoms with Crippen molar-refractivity contribution in [2.24, 2.45) is 0 Å². The molecule has 0 spiro atoms. The minimum atomic E-state index is 0. The monoisotopic (exact) mass is 328 g/mol. The van der Waals surface area contributed by atoms with Crippen molar-refractivity contribution >= 4 is 0 Å². The first-order chi connectivity index (χ1) is 2.91. The summed E-state index contributed by atoms with van der Waals surface area (Å²) in [6.45, 7) is 4.46. The number of halogens is 4. The van der Waals surface area contributed by atoms with E-state index in [0.29, 0.717) is 0 Å². The first-order valence-corrected chi connectivity index (χ1v) is 2.91. The van der Waals surface area contributed by atoms with Gasteiger partial charge in [0, 0.05) is 0 Å². The van der Waals surface area contributed by atoms with Gasteiger partial charge in [0.1, 0.15) is 0 Å². The third kappa shape index (κ3) is 55.7. The largest absolute Gasteiger partial charge is 2.00 e. The Labute approximate surface area is 125 Å². The topological polar surface area (TPSA) is 0 Å². The molecule has 0 aliphatic carbocycles. The maximum Gasteiger partial charge on any atom is 2.00 e. The van der Waals surface area contributed by atoms with Crippen molar-refractivity contribution in [3.05, 3.63) is 0 Å². The summed E-state index contributed by atoms with van der Waals surface area (Å²) in [5, 5.41) is 0. The molecular formula is C6H14Cl4V2. The Hall–Kier alpha value is 2.33. The quantitative estimate of drug-likeness (QED) is 0.451. The van der Waals surface area contributed by atoms with Crippen LogP contribution in [-0.4, -0.2) is 0 Å². The number of rotatable bonds is 3. The summed E-state index contributed by atoms with van der Waals surface area (Å²) in [6, 6.07) is 0. The molecule has 0 fully saturated rings. The minimum absolute atomic E-state index is 0. The van der Waals surface area contributed by atoms with E-state index < -0.39 is 0 Å². The summed E-state index contributed by atoms with van der Waals surface area (Å²) >= 11 is 0. The number of hydrogen-bond donors (Lipinski definition) is 0. The molecule has 0 heterocycles. The Balaban J connectivity index is -0.00000000833. The van der Waals surface area contributed by atoms with E-state index in [1.165, 1.54) is 25.7 Å². The summed E-state index contributed by atoms with van der Waals surface area (Å²) in [5.41, 5.74) is 0. The van der Waals surface area contributed by atoms with Crippen LogP contribution in [0, 0.1) is 0 Å². The van der Waals surface area contributed by atoms with Crippen LogP contribution in [0.3, 0.4) is 0 Å². The van der Waals surface area contributed by atoms with E-state index in [-0.39, 0.29) is 86.7 Å². The number of hydrogen-bond acceptors (Lipinski definition) is 0. The fourth-order valence-electron chi connectivity index (χ4n) is 0.500. The van der Waals surface area contributed by atoms with Gasteiger partial charge in [0.05, 0.1) is 0 Å². The van der Waals surface area contributed by atoms with Gasteiger partial charge in [-0.05, 0) is 0 Å². The third-order valence-electron chi connectivity index (χ3n) is 0.957. The van der Waals surface area contributed by atoms with Gasteiger partial charge < -0.3 is 49.6 Å². The average Bonchev–Trinajstić information content (AvgIpc) is 1.61. The molecule has 0 rings (SSSR count). The van der Waals surface area contributed by atoms with Crippen LogP contribution in [0.15, 0.2) is 0 Å². The van der Waals surface area contributed by atoms with Crippen LogP contribution >= 0.6 is 0 Å². The summed E-state index contributed by atoms with van der Waals surface area (Å²) < 4.78 is 0. The maximum absolute atomic E-state index is 2.23.